The Morgan fingerprint density at radius 1 is 1.23 bits per heavy atom. The smallest absolute Gasteiger partial charge is 0.387 e. The van der Waals surface area contributed by atoms with Gasteiger partial charge in [0.15, 0.2) is 6.23 Å². The van der Waals surface area contributed by atoms with E-state index in [1.165, 1.54) is 33.4 Å². The number of nitrogens with zero attached hydrogens (tertiary/aromatic N) is 3. The molecule has 0 radical (unpaired) electrons. The first-order valence-corrected chi connectivity index (χ1v) is 11.0. The van der Waals surface area contributed by atoms with Crippen molar-refractivity contribution in [3.8, 4) is 0 Å². The average molecular weight is 484 g/mol. The van der Waals surface area contributed by atoms with E-state index in [4.69, 9.17) is 10.5 Å². The van der Waals surface area contributed by atoms with Crippen LogP contribution in [0, 0.1) is 0 Å². The number of phosphoric acid groups is 2. The van der Waals surface area contributed by atoms with Gasteiger partial charge >= 0.3 is 50.9 Å². The number of hydroxylamine groups is 3. The van der Waals surface area contributed by atoms with Crippen LogP contribution < -0.4 is 41.0 Å². The predicted molar refractivity (Wildman–Crippen MR) is 94.6 cm³/mol. The maximum absolute atomic E-state index is 11.9. The van der Waals surface area contributed by atoms with Crippen LogP contribution in [-0.2, 0) is 27.3 Å². The number of aromatic nitrogens is 2. The molecule has 15 nitrogen and oxygen atoms in total. The zero-order valence-corrected chi connectivity index (χ0v) is 20.4. The number of aliphatic hydroxyl groups excluding tert-OH is 2. The van der Waals surface area contributed by atoms with Gasteiger partial charge in [-0.15, -0.1) is 0 Å². The SMILES string of the molecule is C[N+](C)(C)OP(=O)(O)OP(=O)(O)OC[C@H]1O[C@@H](n2ccc(N)nc2=O)[C@H](O)[C@@H]1O.[Na+]. The van der Waals surface area contributed by atoms with Crippen molar-refractivity contribution in [2.24, 2.45) is 0 Å². The van der Waals surface area contributed by atoms with Crippen LogP contribution in [0.2, 0.25) is 0 Å². The predicted octanol–water partition coefficient (Wildman–Crippen LogP) is -4.68. The molecule has 1 aromatic rings. The Hall–Kier alpha value is -0.220. The molecule has 0 spiro atoms. The Kier molecular flexibility index (Phi) is 9.41. The zero-order valence-electron chi connectivity index (χ0n) is 16.6. The molecule has 166 valence electrons. The van der Waals surface area contributed by atoms with Crippen molar-refractivity contribution >= 4 is 21.5 Å². The molecule has 2 heterocycles. The monoisotopic (exact) mass is 484 g/mol. The number of quaternary nitrogens is 1. The molecular weight excluding hydrogens is 461 g/mol. The molecule has 0 amide bonds. The topological polar surface area (TPSA) is 213 Å². The van der Waals surface area contributed by atoms with Gasteiger partial charge in [0.2, 0.25) is 0 Å². The molecule has 1 aromatic heterocycles. The summed E-state index contributed by atoms with van der Waals surface area (Å²) >= 11 is 0. The molecule has 18 heteroatoms. The summed E-state index contributed by atoms with van der Waals surface area (Å²) in [7, 11) is -6.04. The van der Waals surface area contributed by atoms with Crippen molar-refractivity contribution in [2.75, 3.05) is 33.5 Å². The van der Waals surface area contributed by atoms with Gasteiger partial charge in [-0.3, -0.25) is 14.0 Å². The van der Waals surface area contributed by atoms with Gasteiger partial charge in [-0.05, 0) is 6.07 Å². The van der Waals surface area contributed by atoms with Crippen molar-refractivity contribution in [2.45, 2.75) is 24.5 Å². The third kappa shape index (κ3) is 7.73. The molecule has 0 aliphatic carbocycles. The summed E-state index contributed by atoms with van der Waals surface area (Å²) < 4.78 is 42.7. The molecule has 2 rings (SSSR count). The molecule has 1 aliphatic rings. The number of nitrogen functional groups attached to an aromatic ring is 1. The van der Waals surface area contributed by atoms with Crippen LogP contribution in [0.25, 0.3) is 0 Å². The molecule has 6 N–H and O–H groups in total. The third-order valence-corrected chi connectivity index (χ3v) is 6.24. The fourth-order valence-corrected chi connectivity index (χ4v) is 4.67. The molecule has 0 bridgehead atoms. The van der Waals surface area contributed by atoms with Gasteiger partial charge in [0.1, 0.15) is 24.1 Å². The Morgan fingerprint density at radius 3 is 2.37 bits per heavy atom. The summed E-state index contributed by atoms with van der Waals surface area (Å²) in [6, 6.07) is 1.26. The number of rotatable bonds is 8. The first kappa shape index (κ1) is 27.8. The van der Waals surface area contributed by atoms with E-state index in [1.807, 2.05) is 0 Å². The molecule has 0 saturated carbocycles. The van der Waals surface area contributed by atoms with Gasteiger partial charge in [-0.25, -0.2) is 13.9 Å². The van der Waals surface area contributed by atoms with Crippen molar-refractivity contribution in [3.05, 3.63) is 22.7 Å². The van der Waals surface area contributed by atoms with Gasteiger partial charge in [-0.1, -0.05) is 4.62 Å². The first-order chi connectivity index (χ1) is 13.1. The standard InChI is InChI=1S/C12H22N4O11P2.Na/c1-16(2,3)26-29(22,23)27-28(20,21)24-6-7-9(17)10(18)11(25-7)15-5-4-8(13)14-12(15)19;/h4-5,7,9-11,17-18H,6H2,1-3H3,(H3-,13,14,19,20,21,22,23);/q;+1/p+1/t7-,9-,10-,11-;/m1./s1. The van der Waals surface area contributed by atoms with Crippen LogP contribution in [-0.4, -0.2) is 80.3 Å². The van der Waals surface area contributed by atoms with Gasteiger partial charge in [-0.2, -0.15) is 13.9 Å². The maximum atomic E-state index is 11.9. The number of hydrogen-bond donors (Lipinski definition) is 5. The Morgan fingerprint density at radius 2 is 1.83 bits per heavy atom. The molecule has 2 unspecified atom stereocenters. The second kappa shape index (κ2) is 10.1. The van der Waals surface area contributed by atoms with Crippen molar-refractivity contribution in [1.29, 1.82) is 0 Å². The van der Waals surface area contributed by atoms with E-state index in [2.05, 4.69) is 18.4 Å². The van der Waals surface area contributed by atoms with Crippen molar-refractivity contribution in [1.82, 2.24) is 9.55 Å². The van der Waals surface area contributed by atoms with Crippen LogP contribution in [0.15, 0.2) is 17.1 Å². The third-order valence-electron chi connectivity index (χ3n) is 3.42. The fraction of sp³-hybridized carbons (Fsp3) is 0.667. The maximum Gasteiger partial charge on any atom is 1.00 e. The Bertz CT molecular complexity index is 894. The minimum absolute atomic E-state index is 0. The van der Waals surface area contributed by atoms with Crippen LogP contribution >= 0.6 is 15.6 Å². The van der Waals surface area contributed by atoms with Crippen LogP contribution in [0.1, 0.15) is 6.23 Å². The molecule has 0 aromatic carbocycles. The second-order valence-corrected chi connectivity index (χ2v) is 9.82. The number of anilines is 1. The summed E-state index contributed by atoms with van der Waals surface area (Å²) in [5.41, 5.74) is 4.51. The molecule has 1 saturated heterocycles. The second-order valence-electron chi connectivity index (χ2n) is 6.87. The number of phosphoric ester groups is 1. The normalized spacial score (nSPS) is 28.4. The average Bonchev–Trinajstić information content (AvgIpc) is 2.78. The summed E-state index contributed by atoms with van der Waals surface area (Å²) in [6.07, 6.45) is -4.84. The van der Waals surface area contributed by atoms with Gasteiger partial charge in [0, 0.05) is 6.20 Å². The van der Waals surface area contributed by atoms with E-state index in [1.54, 1.807) is 0 Å². The van der Waals surface area contributed by atoms with Gasteiger partial charge in [0.25, 0.3) is 0 Å². The van der Waals surface area contributed by atoms with Crippen LogP contribution in [0.3, 0.4) is 0 Å². The van der Waals surface area contributed by atoms with Gasteiger partial charge < -0.3 is 25.6 Å². The fourth-order valence-electron chi connectivity index (χ4n) is 2.36. The van der Waals surface area contributed by atoms with E-state index in [0.717, 1.165) is 4.57 Å². The summed E-state index contributed by atoms with van der Waals surface area (Å²) in [6.45, 7) is -0.829. The Balaban J connectivity index is 0.00000450. The number of nitrogens with two attached hydrogens (primary N) is 1. The molecule has 1 fully saturated rings. The number of hydrogen-bond acceptors (Lipinski definition) is 11. The summed E-state index contributed by atoms with van der Waals surface area (Å²) in [5, 5.41) is 20.2. The van der Waals surface area contributed by atoms with E-state index in [-0.39, 0.29) is 35.4 Å². The van der Waals surface area contributed by atoms with Crippen LogP contribution in [0.5, 0.6) is 0 Å². The molecule has 1 aliphatic heterocycles. The van der Waals surface area contributed by atoms with Crippen LogP contribution in [0.4, 0.5) is 5.82 Å². The van der Waals surface area contributed by atoms with Gasteiger partial charge in [0.05, 0.1) is 27.7 Å². The van der Waals surface area contributed by atoms with E-state index >= 15 is 0 Å². The number of aliphatic hydroxyl groups is 2. The minimum Gasteiger partial charge on any atom is -0.387 e. The Labute approximate surface area is 193 Å². The molecule has 30 heavy (non-hydrogen) atoms. The van der Waals surface area contributed by atoms with Crippen molar-refractivity contribution < 1.29 is 81.5 Å². The largest absolute Gasteiger partial charge is 1.00 e. The van der Waals surface area contributed by atoms with E-state index < -0.39 is 57.1 Å². The molecule has 6 atom stereocenters. The van der Waals surface area contributed by atoms with Crippen molar-refractivity contribution in [3.63, 3.8) is 0 Å². The summed E-state index contributed by atoms with van der Waals surface area (Å²) in [5.74, 6) is -0.0675. The number of ether oxygens (including phenoxy) is 1. The van der Waals surface area contributed by atoms with E-state index in [0.29, 0.717) is 0 Å². The quantitative estimate of drug-likeness (QED) is 0.102. The summed E-state index contributed by atoms with van der Waals surface area (Å²) in [4.78, 5) is 34.5. The molecular formula is C12H23N4NaO11P2+2. The zero-order chi connectivity index (χ0) is 22.2. The minimum atomic E-state index is -5.12. The first-order valence-electron chi connectivity index (χ1n) is 8.01. The van der Waals surface area contributed by atoms with E-state index in [9.17, 15) is 33.9 Å².